The lowest BCUT2D eigenvalue weighted by Gasteiger charge is -2.16. The van der Waals surface area contributed by atoms with E-state index in [9.17, 15) is 4.79 Å². The van der Waals surface area contributed by atoms with Gasteiger partial charge in [0.25, 0.3) is 0 Å². The maximum Gasteiger partial charge on any atom is 0.328 e. The van der Waals surface area contributed by atoms with Crippen LogP contribution in [0, 0.1) is 0 Å². The van der Waals surface area contributed by atoms with Crippen molar-refractivity contribution in [1.82, 2.24) is 9.13 Å². The van der Waals surface area contributed by atoms with E-state index >= 15 is 0 Å². The molecule has 0 amide bonds. The van der Waals surface area contributed by atoms with Gasteiger partial charge < -0.3 is 5.32 Å². The average Bonchev–Trinajstić information content (AvgIpc) is 2.51. The first-order valence-electron chi connectivity index (χ1n) is 6.28. The second-order valence-electron chi connectivity index (χ2n) is 6.00. The minimum atomic E-state index is 0.0296. The van der Waals surface area contributed by atoms with E-state index < -0.39 is 0 Å². The molecule has 2 rings (SSSR count). The van der Waals surface area contributed by atoms with Crippen LogP contribution in [0.15, 0.2) is 23.0 Å². The smallest absolute Gasteiger partial charge is 0.328 e. The van der Waals surface area contributed by atoms with E-state index in [1.165, 1.54) is 5.56 Å². The molecule has 0 saturated heterocycles. The summed E-state index contributed by atoms with van der Waals surface area (Å²) >= 11 is 0. The standard InChI is InChI=1S/C14H21N3O/c1-14(2,3)15-9-10-6-7-11-12(8-10)17(5)13(18)16(11)4/h6-8,15H,9H2,1-5H3/p+1. The second kappa shape index (κ2) is 4.28. The van der Waals surface area contributed by atoms with Crippen molar-refractivity contribution in [1.29, 1.82) is 0 Å². The first kappa shape index (κ1) is 12.9. The number of nitrogens with zero attached hydrogens (tertiary/aromatic N) is 2. The molecule has 18 heavy (non-hydrogen) atoms. The van der Waals surface area contributed by atoms with Crippen molar-refractivity contribution in [3.63, 3.8) is 0 Å². The molecule has 1 aromatic heterocycles. The second-order valence-corrected chi connectivity index (χ2v) is 6.00. The molecular weight excluding hydrogens is 226 g/mol. The number of hydrogen-bond donors (Lipinski definition) is 1. The van der Waals surface area contributed by atoms with Crippen LogP contribution in [-0.2, 0) is 20.6 Å². The van der Waals surface area contributed by atoms with Crippen molar-refractivity contribution in [2.45, 2.75) is 32.9 Å². The molecule has 0 atom stereocenters. The largest absolute Gasteiger partial charge is 0.338 e. The van der Waals surface area contributed by atoms with E-state index in [1.807, 2.05) is 20.2 Å². The summed E-state index contributed by atoms with van der Waals surface area (Å²) < 4.78 is 3.39. The van der Waals surface area contributed by atoms with Gasteiger partial charge in [0.05, 0.1) is 16.6 Å². The summed E-state index contributed by atoms with van der Waals surface area (Å²) in [4.78, 5) is 11.8. The van der Waals surface area contributed by atoms with Gasteiger partial charge in [0, 0.05) is 19.7 Å². The SMILES string of the molecule is Cn1c(=O)n(C)c2cc(C[NH2+]C(C)(C)C)ccc21. The predicted molar refractivity (Wildman–Crippen MR) is 73.5 cm³/mol. The number of imidazole rings is 1. The highest BCUT2D eigenvalue weighted by Gasteiger charge is 2.14. The van der Waals surface area contributed by atoms with Crippen LogP contribution in [-0.4, -0.2) is 14.7 Å². The van der Waals surface area contributed by atoms with Crippen molar-refractivity contribution in [3.05, 3.63) is 34.2 Å². The fraction of sp³-hybridized carbons (Fsp3) is 0.500. The fourth-order valence-electron chi connectivity index (χ4n) is 2.10. The highest BCUT2D eigenvalue weighted by molar-refractivity contribution is 5.76. The third-order valence-electron chi connectivity index (χ3n) is 3.29. The highest BCUT2D eigenvalue weighted by atomic mass is 16.1. The Hall–Kier alpha value is -1.55. The zero-order valence-electron chi connectivity index (χ0n) is 11.8. The molecule has 2 N–H and O–H groups in total. The first-order valence-corrected chi connectivity index (χ1v) is 6.28. The summed E-state index contributed by atoms with van der Waals surface area (Å²) in [5.74, 6) is 0. The summed E-state index contributed by atoms with van der Waals surface area (Å²) in [6, 6.07) is 6.24. The van der Waals surface area contributed by atoms with E-state index in [1.54, 1.807) is 9.13 Å². The zero-order chi connectivity index (χ0) is 13.5. The van der Waals surface area contributed by atoms with Crippen LogP contribution in [0.4, 0.5) is 0 Å². The topological polar surface area (TPSA) is 43.5 Å². The molecule has 4 heteroatoms. The molecule has 0 bridgehead atoms. The van der Waals surface area contributed by atoms with E-state index in [0.717, 1.165) is 17.6 Å². The number of benzene rings is 1. The molecule has 0 radical (unpaired) electrons. The molecule has 1 aromatic carbocycles. The van der Waals surface area contributed by atoms with Gasteiger partial charge in [0.15, 0.2) is 0 Å². The van der Waals surface area contributed by atoms with Gasteiger partial charge in [-0.1, -0.05) is 6.07 Å². The molecule has 2 aromatic rings. The van der Waals surface area contributed by atoms with Crippen molar-refractivity contribution in [2.75, 3.05) is 0 Å². The normalized spacial score (nSPS) is 12.3. The molecule has 98 valence electrons. The van der Waals surface area contributed by atoms with Gasteiger partial charge in [-0.2, -0.15) is 0 Å². The van der Waals surface area contributed by atoms with E-state index in [0.29, 0.717) is 0 Å². The number of fused-ring (bicyclic) bond motifs is 1. The summed E-state index contributed by atoms with van der Waals surface area (Å²) in [6.07, 6.45) is 0. The maximum absolute atomic E-state index is 11.8. The Bertz CT molecular complexity index is 629. The van der Waals surface area contributed by atoms with Crippen molar-refractivity contribution < 1.29 is 5.32 Å². The Morgan fingerprint density at radius 2 is 1.72 bits per heavy atom. The number of aryl methyl sites for hydroxylation is 2. The van der Waals surface area contributed by atoms with Gasteiger partial charge >= 0.3 is 5.69 Å². The summed E-state index contributed by atoms with van der Waals surface area (Å²) in [5, 5.41) is 2.30. The van der Waals surface area contributed by atoms with Crippen molar-refractivity contribution >= 4 is 11.0 Å². The highest BCUT2D eigenvalue weighted by Crippen LogP contribution is 2.13. The van der Waals surface area contributed by atoms with Gasteiger partial charge in [-0.05, 0) is 32.9 Å². The Morgan fingerprint density at radius 3 is 2.33 bits per heavy atom. The van der Waals surface area contributed by atoms with E-state index in [4.69, 9.17) is 0 Å². The van der Waals surface area contributed by atoms with Crippen LogP contribution < -0.4 is 11.0 Å². The quantitative estimate of drug-likeness (QED) is 0.837. The summed E-state index contributed by atoms with van der Waals surface area (Å²) in [6.45, 7) is 7.53. The van der Waals surface area contributed by atoms with Gasteiger partial charge in [-0.3, -0.25) is 9.13 Å². The number of hydrogen-bond acceptors (Lipinski definition) is 1. The zero-order valence-corrected chi connectivity index (χ0v) is 11.8. The van der Waals surface area contributed by atoms with Gasteiger partial charge in [0.2, 0.25) is 0 Å². The molecular formula is C14H22N3O+. The van der Waals surface area contributed by atoms with Crippen LogP contribution in [0.1, 0.15) is 26.3 Å². The van der Waals surface area contributed by atoms with Crippen LogP contribution >= 0.6 is 0 Å². The van der Waals surface area contributed by atoms with Crippen molar-refractivity contribution in [3.8, 4) is 0 Å². The molecule has 0 unspecified atom stereocenters. The lowest BCUT2D eigenvalue weighted by molar-refractivity contribution is -0.731. The minimum absolute atomic E-state index is 0.0296. The molecule has 0 spiro atoms. The minimum Gasteiger partial charge on any atom is -0.338 e. The Kier molecular flexibility index (Phi) is 3.07. The first-order chi connectivity index (χ1) is 8.29. The number of nitrogens with two attached hydrogens (primary N) is 1. The predicted octanol–water partition coefficient (Wildman–Crippen LogP) is 0.739. The number of quaternary nitrogens is 1. The van der Waals surface area contributed by atoms with Crippen LogP contribution in [0.3, 0.4) is 0 Å². The molecule has 0 saturated carbocycles. The summed E-state index contributed by atoms with van der Waals surface area (Å²) in [5.41, 5.74) is 3.49. The van der Waals surface area contributed by atoms with Gasteiger partial charge in [0.1, 0.15) is 6.54 Å². The van der Waals surface area contributed by atoms with E-state index in [-0.39, 0.29) is 11.2 Å². The molecule has 4 nitrogen and oxygen atoms in total. The summed E-state index contributed by atoms with van der Waals surface area (Å²) in [7, 11) is 3.63. The molecule has 0 fully saturated rings. The maximum atomic E-state index is 11.8. The van der Waals surface area contributed by atoms with Crippen molar-refractivity contribution in [2.24, 2.45) is 14.1 Å². The monoisotopic (exact) mass is 248 g/mol. The van der Waals surface area contributed by atoms with Crippen LogP contribution in [0.25, 0.3) is 11.0 Å². The van der Waals surface area contributed by atoms with Crippen LogP contribution in [0.2, 0.25) is 0 Å². The number of aromatic nitrogens is 2. The third kappa shape index (κ3) is 2.34. The Balaban J connectivity index is 2.39. The fourth-order valence-corrected chi connectivity index (χ4v) is 2.10. The Morgan fingerprint density at radius 1 is 1.11 bits per heavy atom. The Labute approximate surface area is 107 Å². The molecule has 0 aliphatic carbocycles. The van der Waals surface area contributed by atoms with Gasteiger partial charge in [-0.15, -0.1) is 0 Å². The molecule has 0 aliphatic rings. The van der Waals surface area contributed by atoms with Crippen LogP contribution in [0.5, 0.6) is 0 Å². The lowest BCUT2D eigenvalue weighted by Crippen LogP contribution is -2.92. The van der Waals surface area contributed by atoms with Gasteiger partial charge in [-0.25, -0.2) is 4.79 Å². The number of rotatable bonds is 2. The lowest BCUT2D eigenvalue weighted by atomic mass is 10.1. The molecule has 1 heterocycles. The average molecular weight is 248 g/mol. The molecule has 0 aliphatic heterocycles. The third-order valence-corrected chi connectivity index (χ3v) is 3.29. The van der Waals surface area contributed by atoms with E-state index in [2.05, 4.69) is 38.2 Å².